The number of benzene rings is 2. The normalized spacial score (nSPS) is 10.9. The number of carbonyl (C=O) groups is 1. The van der Waals surface area contributed by atoms with Crippen molar-refractivity contribution in [2.45, 2.75) is 6.92 Å². The number of methoxy groups -OCH3 is 1. The Hall–Kier alpha value is -2.15. The Kier molecular flexibility index (Phi) is 3.97. The minimum absolute atomic E-state index is 0. The molecule has 0 aliphatic rings. The van der Waals surface area contributed by atoms with Gasteiger partial charge in [-0.25, -0.2) is 4.98 Å². The number of ether oxygens (including phenoxy) is 1. The number of para-hydroxylation sites is 2. The molecule has 2 heterocycles. The number of halogens is 1. The molecular formula is C18H15IN2O2. The lowest BCUT2D eigenvalue weighted by molar-refractivity contribution is 0.0946. The molecule has 4 aromatic rings. The van der Waals surface area contributed by atoms with E-state index in [4.69, 9.17) is 9.72 Å². The molecule has 0 saturated heterocycles. The third-order valence-electron chi connectivity index (χ3n) is 3.96. The molecule has 0 N–H and O–H groups in total. The zero-order valence-electron chi connectivity index (χ0n) is 12.7. The standard InChI is InChI=1S/C18H14N2O2.HI/c1-11(21)20-14-8-4-3-7-13(14)18-15(20)10-12-6-5-9-16(22-2)17(12)19-18;/h3-10H,1-2H3;1H. The van der Waals surface area contributed by atoms with Gasteiger partial charge in [0.2, 0.25) is 5.91 Å². The number of hydrogen-bond acceptors (Lipinski definition) is 3. The average molecular weight is 418 g/mol. The summed E-state index contributed by atoms with van der Waals surface area (Å²) in [5, 5.41) is 1.93. The van der Waals surface area contributed by atoms with E-state index in [9.17, 15) is 4.79 Å². The zero-order chi connectivity index (χ0) is 15.3. The van der Waals surface area contributed by atoms with Gasteiger partial charge in [-0.05, 0) is 18.2 Å². The van der Waals surface area contributed by atoms with E-state index in [1.54, 1.807) is 18.6 Å². The molecule has 23 heavy (non-hydrogen) atoms. The highest BCUT2D eigenvalue weighted by molar-refractivity contribution is 14.0. The summed E-state index contributed by atoms with van der Waals surface area (Å²) in [6.45, 7) is 1.57. The highest BCUT2D eigenvalue weighted by atomic mass is 127. The van der Waals surface area contributed by atoms with Crippen LogP contribution in [0, 0.1) is 0 Å². The summed E-state index contributed by atoms with van der Waals surface area (Å²) < 4.78 is 7.13. The Morgan fingerprint density at radius 1 is 1.04 bits per heavy atom. The Morgan fingerprint density at radius 3 is 2.57 bits per heavy atom. The minimum atomic E-state index is -0.0183. The maximum absolute atomic E-state index is 12.1. The smallest absolute Gasteiger partial charge is 0.228 e. The van der Waals surface area contributed by atoms with Crippen LogP contribution in [0.5, 0.6) is 5.75 Å². The van der Waals surface area contributed by atoms with Gasteiger partial charge in [0.05, 0.1) is 23.7 Å². The molecule has 5 heteroatoms. The van der Waals surface area contributed by atoms with E-state index in [0.29, 0.717) is 0 Å². The van der Waals surface area contributed by atoms with Crippen LogP contribution in [0.1, 0.15) is 11.7 Å². The summed E-state index contributed by atoms with van der Waals surface area (Å²) in [7, 11) is 1.64. The molecule has 0 bridgehead atoms. The highest BCUT2D eigenvalue weighted by Gasteiger charge is 2.16. The van der Waals surface area contributed by atoms with E-state index in [1.807, 2.05) is 48.5 Å². The van der Waals surface area contributed by atoms with Crippen molar-refractivity contribution in [3.63, 3.8) is 0 Å². The fraction of sp³-hybridized carbons (Fsp3) is 0.111. The molecular weight excluding hydrogens is 403 g/mol. The van der Waals surface area contributed by atoms with Crippen molar-refractivity contribution < 1.29 is 9.53 Å². The SMILES string of the molecule is COc1cccc2cc3c(nc12)c1ccccc1n3C(C)=O.I. The minimum Gasteiger partial charge on any atom is -0.494 e. The maximum Gasteiger partial charge on any atom is 0.228 e. The number of carbonyl (C=O) groups excluding carboxylic acids is 1. The fourth-order valence-electron chi connectivity index (χ4n) is 3.03. The van der Waals surface area contributed by atoms with Gasteiger partial charge in [0.1, 0.15) is 11.3 Å². The van der Waals surface area contributed by atoms with Crippen LogP contribution in [-0.2, 0) is 0 Å². The molecule has 4 nitrogen and oxygen atoms in total. The summed E-state index contributed by atoms with van der Waals surface area (Å²) in [6, 6.07) is 15.6. The van der Waals surface area contributed by atoms with Crippen LogP contribution in [0.4, 0.5) is 0 Å². The van der Waals surface area contributed by atoms with Crippen molar-refractivity contribution in [2.75, 3.05) is 7.11 Å². The lowest BCUT2D eigenvalue weighted by Gasteiger charge is -2.06. The molecule has 0 amide bonds. The van der Waals surface area contributed by atoms with E-state index < -0.39 is 0 Å². The number of aromatic nitrogens is 2. The van der Waals surface area contributed by atoms with Crippen LogP contribution < -0.4 is 4.74 Å². The monoisotopic (exact) mass is 418 g/mol. The van der Waals surface area contributed by atoms with Gasteiger partial charge in [0, 0.05) is 17.7 Å². The first-order valence-corrected chi connectivity index (χ1v) is 7.08. The number of hydrogen-bond donors (Lipinski definition) is 0. The van der Waals surface area contributed by atoms with Gasteiger partial charge < -0.3 is 4.74 Å². The summed E-state index contributed by atoms with van der Waals surface area (Å²) in [5.41, 5.74) is 3.34. The molecule has 0 saturated carbocycles. The van der Waals surface area contributed by atoms with Gasteiger partial charge in [-0.2, -0.15) is 0 Å². The maximum atomic E-state index is 12.1. The predicted octanol–water partition coefficient (Wildman–Crippen LogP) is 4.63. The molecule has 0 aliphatic heterocycles. The first-order valence-electron chi connectivity index (χ1n) is 7.08. The topological polar surface area (TPSA) is 44.1 Å². The van der Waals surface area contributed by atoms with Crippen LogP contribution in [0.3, 0.4) is 0 Å². The second-order valence-corrected chi connectivity index (χ2v) is 5.26. The summed E-state index contributed by atoms with van der Waals surface area (Å²) in [4.78, 5) is 16.9. The van der Waals surface area contributed by atoms with Gasteiger partial charge in [0.25, 0.3) is 0 Å². The van der Waals surface area contributed by atoms with Crippen LogP contribution >= 0.6 is 24.0 Å². The van der Waals surface area contributed by atoms with E-state index in [2.05, 4.69) is 0 Å². The Balaban J connectivity index is 0.00000156. The van der Waals surface area contributed by atoms with Gasteiger partial charge >= 0.3 is 0 Å². The zero-order valence-corrected chi connectivity index (χ0v) is 15.1. The molecule has 116 valence electrons. The van der Waals surface area contributed by atoms with Gasteiger partial charge in [-0.15, -0.1) is 24.0 Å². The van der Waals surface area contributed by atoms with Crippen molar-refractivity contribution in [2.24, 2.45) is 0 Å². The second kappa shape index (κ2) is 5.81. The van der Waals surface area contributed by atoms with Crippen molar-refractivity contribution in [3.05, 3.63) is 48.5 Å². The molecule has 0 atom stereocenters. The highest BCUT2D eigenvalue weighted by Crippen LogP contribution is 2.32. The summed E-state index contributed by atoms with van der Waals surface area (Å²) in [5.74, 6) is 0.717. The lowest BCUT2D eigenvalue weighted by Crippen LogP contribution is -2.04. The number of pyridine rings is 1. The van der Waals surface area contributed by atoms with Gasteiger partial charge in [-0.3, -0.25) is 9.36 Å². The van der Waals surface area contributed by atoms with Crippen LogP contribution in [0.2, 0.25) is 0 Å². The Morgan fingerprint density at radius 2 is 1.83 bits per heavy atom. The van der Waals surface area contributed by atoms with E-state index in [1.165, 1.54) is 0 Å². The van der Waals surface area contributed by atoms with Crippen LogP contribution in [0.15, 0.2) is 48.5 Å². The van der Waals surface area contributed by atoms with E-state index >= 15 is 0 Å². The largest absolute Gasteiger partial charge is 0.494 e. The Labute approximate surface area is 150 Å². The average Bonchev–Trinajstić information content (AvgIpc) is 2.86. The quantitative estimate of drug-likeness (QED) is 0.424. The van der Waals surface area contributed by atoms with Crippen molar-refractivity contribution in [1.82, 2.24) is 9.55 Å². The molecule has 2 aromatic carbocycles. The molecule has 0 radical (unpaired) electrons. The van der Waals surface area contributed by atoms with Gasteiger partial charge in [-0.1, -0.05) is 30.3 Å². The lowest BCUT2D eigenvalue weighted by atomic mass is 10.1. The summed E-state index contributed by atoms with van der Waals surface area (Å²) >= 11 is 0. The van der Waals surface area contributed by atoms with E-state index in [-0.39, 0.29) is 29.9 Å². The van der Waals surface area contributed by atoms with Crippen LogP contribution in [-0.4, -0.2) is 22.6 Å². The van der Waals surface area contributed by atoms with Gasteiger partial charge in [0.15, 0.2) is 0 Å². The fourth-order valence-corrected chi connectivity index (χ4v) is 3.03. The van der Waals surface area contributed by atoms with Crippen LogP contribution in [0.25, 0.3) is 32.8 Å². The number of nitrogens with zero attached hydrogens (tertiary/aromatic N) is 2. The third kappa shape index (κ3) is 2.26. The summed E-state index contributed by atoms with van der Waals surface area (Å²) in [6.07, 6.45) is 0. The molecule has 0 unspecified atom stereocenters. The molecule has 4 rings (SSSR count). The molecule has 2 aromatic heterocycles. The Bertz CT molecular complexity index is 1050. The number of rotatable bonds is 1. The first kappa shape index (κ1) is 15.7. The number of fused-ring (bicyclic) bond motifs is 4. The van der Waals surface area contributed by atoms with Crippen molar-refractivity contribution >= 4 is 62.7 Å². The first-order chi connectivity index (χ1) is 10.7. The third-order valence-corrected chi connectivity index (χ3v) is 3.96. The predicted molar refractivity (Wildman–Crippen MR) is 103 cm³/mol. The van der Waals surface area contributed by atoms with Crippen molar-refractivity contribution in [1.29, 1.82) is 0 Å². The molecule has 0 spiro atoms. The second-order valence-electron chi connectivity index (χ2n) is 5.26. The van der Waals surface area contributed by atoms with E-state index in [0.717, 1.165) is 38.6 Å². The van der Waals surface area contributed by atoms with Crippen molar-refractivity contribution in [3.8, 4) is 5.75 Å². The molecule has 0 fully saturated rings. The molecule has 0 aliphatic carbocycles.